The third-order valence-electron chi connectivity index (χ3n) is 7.55. The van der Waals surface area contributed by atoms with Crippen LogP contribution in [0.15, 0.2) is 54.6 Å². The van der Waals surface area contributed by atoms with Gasteiger partial charge in [-0.2, -0.15) is 0 Å². The van der Waals surface area contributed by atoms with E-state index < -0.39 is 0 Å². The topological polar surface area (TPSA) is 184 Å². The molecule has 3 aromatic carbocycles. The highest BCUT2D eigenvalue weighted by molar-refractivity contribution is 6.34. The van der Waals surface area contributed by atoms with E-state index in [1.165, 1.54) is 19.3 Å². The summed E-state index contributed by atoms with van der Waals surface area (Å²) in [4.78, 5) is 41.1. The van der Waals surface area contributed by atoms with Crippen molar-refractivity contribution in [2.24, 2.45) is 0 Å². The number of carbonyl (C=O) groups excluding carboxylic acids is 3. The number of carbonyl (C=O) groups is 3. The number of anilines is 6. The van der Waals surface area contributed by atoms with Gasteiger partial charge >= 0.3 is 0 Å². The summed E-state index contributed by atoms with van der Waals surface area (Å²) in [6, 6.07) is 15.1. The van der Waals surface area contributed by atoms with E-state index in [1.54, 1.807) is 59.5 Å². The minimum Gasteiger partial charge on any atom is -0.399 e. The van der Waals surface area contributed by atoms with Gasteiger partial charge in [0.25, 0.3) is 0 Å². The summed E-state index contributed by atoms with van der Waals surface area (Å²) in [5, 5.41) is 9.66. The Morgan fingerprint density at radius 3 is 1.37 bits per heavy atom. The summed E-state index contributed by atoms with van der Waals surface area (Å²) in [7, 11) is 3.65. The maximum atomic E-state index is 11.9. The van der Waals surface area contributed by atoms with Crippen LogP contribution in [0.25, 0.3) is 0 Å². The molecule has 2 aliphatic rings. The molecule has 3 aromatic rings. The van der Waals surface area contributed by atoms with Gasteiger partial charge in [-0.25, -0.2) is 0 Å². The Hall–Kier alpha value is -3.82. The molecule has 0 aromatic heterocycles. The lowest BCUT2D eigenvalue weighted by atomic mass is 10.1. The van der Waals surface area contributed by atoms with Crippen molar-refractivity contribution >= 4 is 86.6 Å². The highest BCUT2D eigenvalue weighted by Gasteiger charge is 2.16. The van der Waals surface area contributed by atoms with Crippen molar-refractivity contribution in [3.05, 3.63) is 69.7 Å². The zero-order valence-corrected chi connectivity index (χ0v) is 31.3. The van der Waals surface area contributed by atoms with Gasteiger partial charge in [0.15, 0.2) is 0 Å². The van der Waals surface area contributed by atoms with Gasteiger partial charge in [0.1, 0.15) is 0 Å². The molecule has 2 saturated heterocycles. The third-order valence-corrected chi connectivity index (χ3v) is 8.49. The van der Waals surface area contributed by atoms with Crippen molar-refractivity contribution in [2.75, 3.05) is 106 Å². The number of benzene rings is 3. The van der Waals surface area contributed by atoms with Crippen molar-refractivity contribution in [1.82, 2.24) is 14.7 Å². The molecule has 51 heavy (non-hydrogen) atoms. The second-order valence-corrected chi connectivity index (χ2v) is 13.5. The third kappa shape index (κ3) is 15.9. The van der Waals surface area contributed by atoms with Gasteiger partial charge < -0.3 is 42.8 Å². The number of amides is 3. The SMILES string of the molecule is CN(C)CC(=O)Nc1ccc(N)cc1Cl.Nc1ccc(NC(=O)CN2CCCCC2)c(Cl)c1.Nc1ccc(NC(=O)CN2CCOCC2)c(Cl)c1. The first-order valence-corrected chi connectivity index (χ1v) is 17.6. The van der Waals surface area contributed by atoms with E-state index >= 15 is 0 Å². The molecule has 0 atom stereocenters. The van der Waals surface area contributed by atoms with E-state index in [-0.39, 0.29) is 17.7 Å². The Morgan fingerprint density at radius 2 is 1.00 bits per heavy atom. The van der Waals surface area contributed by atoms with Crippen LogP contribution in [0.1, 0.15) is 19.3 Å². The summed E-state index contributed by atoms with van der Waals surface area (Å²) in [6.45, 7) is 6.02. The summed E-state index contributed by atoms with van der Waals surface area (Å²) < 4.78 is 5.22. The summed E-state index contributed by atoms with van der Waals surface area (Å²) >= 11 is 17.9. The molecule has 3 amide bonds. The van der Waals surface area contributed by atoms with E-state index in [0.29, 0.717) is 82.0 Å². The standard InChI is InChI=1S/C13H18ClN3O.C12H16ClN3O2.C10H14ClN3O/c14-11-8-10(15)4-5-12(11)16-13(18)9-17-6-2-1-3-7-17;13-10-7-9(14)1-2-11(10)15-12(17)8-16-3-5-18-6-4-16;1-14(2)6-10(15)13-9-4-3-7(12)5-8(9)11/h4-5,8H,1-3,6-7,9,15H2,(H,16,18);1-2,7H,3-6,8,14H2,(H,15,17);3-5H,6,12H2,1-2H3,(H,13,15). The lowest BCUT2D eigenvalue weighted by Crippen LogP contribution is -2.41. The highest BCUT2D eigenvalue weighted by Crippen LogP contribution is 2.26. The predicted molar refractivity (Wildman–Crippen MR) is 210 cm³/mol. The first-order chi connectivity index (χ1) is 24.3. The number of hydrogen-bond donors (Lipinski definition) is 6. The fraction of sp³-hybridized carbons (Fsp3) is 0.400. The number of halogens is 3. The van der Waals surface area contributed by atoms with Crippen LogP contribution in [0.3, 0.4) is 0 Å². The number of ether oxygens (including phenoxy) is 1. The summed E-state index contributed by atoms with van der Waals surface area (Å²) in [5.41, 5.74) is 20.3. The Morgan fingerprint density at radius 1 is 0.627 bits per heavy atom. The molecule has 9 N–H and O–H groups in total. The number of nitrogens with two attached hydrogens (primary N) is 3. The van der Waals surface area contributed by atoms with E-state index in [4.69, 9.17) is 56.7 Å². The molecule has 2 aliphatic heterocycles. The fourth-order valence-electron chi connectivity index (χ4n) is 5.04. The smallest absolute Gasteiger partial charge is 0.238 e. The van der Waals surface area contributed by atoms with Crippen LogP contribution in [0.2, 0.25) is 15.1 Å². The highest BCUT2D eigenvalue weighted by atomic mass is 35.5. The van der Waals surface area contributed by atoms with Crippen molar-refractivity contribution in [3.8, 4) is 0 Å². The number of nitrogen functional groups attached to an aromatic ring is 3. The zero-order valence-electron chi connectivity index (χ0n) is 29.0. The molecular formula is C35H48Cl3N9O4. The number of likely N-dealkylation sites (N-methyl/N-ethyl adjacent to an activating group) is 1. The van der Waals surface area contributed by atoms with Gasteiger partial charge in [-0.1, -0.05) is 41.2 Å². The minimum atomic E-state index is -0.105. The molecule has 0 unspecified atom stereocenters. The molecule has 0 spiro atoms. The van der Waals surface area contributed by atoms with Crippen LogP contribution in [-0.4, -0.2) is 106 Å². The van der Waals surface area contributed by atoms with Crippen molar-refractivity contribution in [2.45, 2.75) is 19.3 Å². The van der Waals surface area contributed by atoms with Crippen LogP contribution in [0.4, 0.5) is 34.1 Å². The second kappa shape index (κ2) is 21.5. The first-order valence-electron chi connectivity index (χ1n) is 16.5. The zero-order chi connectivity index (χ0) is 37.3. The number of nitrogens with one attached hydrogen (secondary N) is 3. The van der Waals surface area contributed by atoms with Gasteiger partial charge in [-0.3, -0.25) is 24.2 Å². The molecule has 0 aliphatic carbocycles. The fourth-order valence-corrected chi connectivity index (χ4v) is 5.75. The maximum Gasteiger partial charge on any atom is 0.238 e. The lowest BCUT2D eigenvalue weighted by Gasteiger charge is -2.25. The largest absolute Gasteiger partial charge is 0.399 e. The molecule has 2 fully saturated rings. The van der Waals surface area contributed by atoms with Crippen LogP contribution in [0.5, 0.6) is 0 Å². The number of rotatable bonds is 9. The molecule has 0 radical (unpaired) electrons. The first kappa shape index (κ1) is 41.6. The van der Waals surface area contributed by atoms with E-state index in [2.05, 4.69) is 20.9 Å². The number of likely N-dealkylation sites (tertiary alicyclic amines) is 1. The van der Waals surface area contributed by atoms with Gasteiger partial charge in [-0.15, -0.1) is 0 Å². The number of morpholine rings is 1. The quantitative estimate of drug-likeness (QED) is 0.163. The number of nitrogens with zero attached hydrogens (tertiary/aromatic N) is 3. The monoisotopic (exact) mass is 763 g/mol. The van der Waals surface area contributed by atoms with E-state index in [9.17, 15) is 14.4 Å². The molecule has 0 saturated carbocycles. The van der Waals surface area contributed by atoms with Crippen molar-refractivity contribution in [1.29, 1.82) is 0 Å². The van der Waals surface area contributed by atoms with Crippen molar-refractivity contribution in [3.63, 3.8) is 0 Å². The Kier molecular flexibility index (Phi) is 17.6. The molecule has 16 heteroatoms. The Balaban J connectivity index is 0.000000208. The predicted octanol–water partition coefficient (Wildman–Crippen LogP) is 4.96. The molecule has 5 rings (SSSR count). The molecule has 13 nitrogen and oxygen atoms in total. The van der Waals surface area contributed by atoms with E-state index in [0.717, 1.165) is 26.2 Å². The summed E-state index contributed by atoms with van der Waals surface area (Å²) in [6.07, 6.45) is 3.62. The molecule has 2 heterocycles. The second-order valence-electron chi connectivity index (χ2n) is 12.3. The summed E-state index contributed by atoms with van der Waals surface area (Å²) in [5.74, 6) is -0.209. The van der Waals surface area contributed by atoms with Crippen LogP contribution >= 0.6 is 34.8 Å². The molecular weight excluding hydrogens is 717 g/mol. The van der Waals surface area contributed by atoms with Crippen LogP contribution in [0, 0.1) is 0 Å². The molecule has 278 valence electrons. The number of piperidine rings is 1. The average molecular weight is 765 g/mol. The maximum absolute atomic E-state index is 11.9. The van der Waals surface area contributed by atoms with Gasteiger partial charge in [0.05, 0.1) is 65.0 Å². The molecule has 0 bridgehead atoms. The Labute approximate surface area is 314 Å². The normalized spacial score (nSPS) is 14.7. The number of hydrogen-bond acceptors (Lipinski definition) is 10. The minimum absolute atomic E-state index is 0.0245. The lowest BCUT2D eigenvalue weighted by molar-refractivity contribution is -0.118. The van der Waals surface area contributed by atoms with E-state index in [1.807, 2.05) is 19.0 Å². The van der Waals surface area contributed by atoms with Gasteiger partial charge in [0, 0.05) is 30.2 Å². The Bertz CT molecular complexity index is 1520. The van der Waals surface area contributed by atoms with Crippen LogP contribution < -0.4 is 33.2 Å². The van der Waals surface area contributed by atoms with Crippen molar-refractivity contribution < 1.29 is 19.1 Å². The van der Waals surface area contributed by atoms with Gasteiger partial charge in [-0.05, 0) is 94.6 Å². The average Bonchev–Trinajstić information content (AvgIpc) is 3.06. The van der Waals surface area contributed by atoms with Gasteiger partial charge in [0.2, 0.25) is 17.7 Å². The van der Waals surface area contributed by atoms with Crippen LogP contribution in [-0.2, 0) is 19.1 Å².